The maximum absolute atomic E-state index is 13.8. The third kappa shape index (κ3) is 5.69. The highest BCUT2D eigenvalue weighted by molar-refractivity contribution is 7.91. The van der Waals surface area contributed by atoms with Gasteiger partial charge in [0.25, 0.3) is 0 Å². The summed E-state index contributed by atoms with van der Waals surface area (Å²) in [6.45, 7) is 0.840. The lowest BCUT2D eigenvalue weighted by Gasteiger charge is -2.25. The second-order valence-corrected chi connectivity index (χ2v) is 9.61. The quantitative estimate of drug-likeness (QED) is 0.608. The minimum absolute atomic E-state index is 0.117. The Morgan fingerprint density at radius 3 is 2.62 bits per heavy atom. The summed E-state index contributed by atoms with van der Waals surface area (Å²) in [7, 11) is -2.88. The molecule has 1 aliphatic carbocycles. The zero-order valence-electron chi connectivity index (χ0n) is 15.1. The van der Waals surface area contributed by atoms with E-state index < -0.39 is 9.84 Å². The average molecular weight is 382 g/mol. The Labute approximate surface area is 155 Å². The molecule has 0 spiro atoms. The van der Waals surface area contributed by atoms with Crippen LogP contribution in [0.3, 0.4) is 0 Å². The van der Waals surface area contributed by atoms with Gasteiger partial charge in [-0.1, -0.05) is 37.5 Å². The Balaban J connectivity index is 1.62. The lowest BCUT2D eigenvalue weighted by atomic mass is 9.96. The summed E-state index contributed by atoms with van der Waals surface area (Å²) in [6, 6.07) is 7.03. The Bertz CT molecular complexity index is 730. The van der Waals surface area contributed by atoms with Crippen molar-refractivity contribution in [1.29, 1.82) is 0 Å². The number of nitrogens with zero attached hydrogens (tertiary/aromatic N) is 1. The molecule has 1 unspecified atom stereocenters. The van der Waals surface area contributed by atoms with Crippen molar-refractivity contribution in [3.05, 3.63) is 35.6 Å². The number of guanidine groups is 1. The molecular formula is C19H28FN3O2S. The van der Waals surface area contributed by atoms with Crippen LogP contribution in [0.5, 0.6) is 0 Å². The van der Waals surface area contributed by atoms with Crippen LogP contribution in [0.4, 0.5) is 4.39 Å². The number of halogens is 1. The molecule has 7 heteroatoms. The van der Waals surface area contributed by atoms with Crippen LogP contribution in [-0.4, -0.2) is 38.5 Å². The average Bonchev–Trinajstić information content (AvgIpc) is 2.98. The summed E-state index contributed by atoms with van der Waals surface area (Å²) in [5, 5.41) is 6.75. The van der Waals surface area contributed by atoms with E-state index in [1.807, 2.05) is 0 Å². The molecule has 1 saturated carbocycles. The third-order valence-corrected chi connectivity index (χ3v) is 7.03. The summed E-state index contributed by atoms with van der Waals surface area (Å²) < 4.78 is 37.1. The molecule has 2 fully saturated rings. The fourth-order valence-electron chi connectivity index (χ4n) is 3.66. The molecule has 0 radical (unpaired) electrons. The van der Waals surface area contributed by atoms with Gasteiger partial charge in [-0.2, -0.15) is 0 Å². The summed E-state index contributed by atoms with van der Waals surface area (Å²) in [6.07, 6.45) is 6.60. The van der Waals surface area contributed by atoms with Gasteiger partial charge in [0.2, 0.25) is 0 Å². The van der Waals surface area contributed by atoms with E-state index in [1.165, 1.54) is 25.3 Å². The predicted octanol–water partition coefficient (Wildman–Crippen LogP) is 2.63. The van der Waals surface area contributed by atoms with Gasteiger partial charge in [0, 0.05) is 18.2 Å². The normalized spacial score (nSPS) is 23.7. The van der Waals surface area contributed by atoms with Crippen LogP contribution in [0.2, 0.25) is 0 Å². The van der Waals surface area contributed by atoms with E-state index in [0.717, 1.165) is 12.8 Å². The molecule has 1 atom stereocenters. The highest BCUT2D eigenvalue weighted by Crippen LogP contribution is 2.19. The number of benzene rings is 1. The molecule has 144 valence electrons. The van der Waals surface area contributed by atoms with Gasteiger partial charge >= 0.3 is 0 Å². The first-order valence-electron chi connectivity index (χ1n) is 9.50. The largest absolute Gasteiger partial charge is 0.356 e. The van der Waals surface area contributed by atoms with Gasteiger partial charge in [-0.05, 0) is 31.2 Å². The van der Waals surface area contributed by atoms with Gasteiger partial charge in [0.15, 0.2) is 15.8 Å². The molecule has 2 N–H and O–H groups in total. The SMILES string of the molecule is O=S1(=O)CCC(CNC(=NCc2ccccc2F)NC2CCCCC2)C1. The first kappa shape index (κ1) is 19.1. The monoisotopic (exact) mass is 381 g/mol. The van der Waals surface area contributed by atoms with Crippen molar-refractivity contribution < 1.29 is 12.8 Å². The first-order valence-corrected chi connectivity index (χ1v) is 11.3. The van der Waals surface area contributed by atoms with E-state index in [4.69, 9.17) is 0 Å². The van der Waals surface area contributed by atoms with Crippen molar-refractivity contribution in [2.45, 2.75) is 51.1 Å². The van der Waals surface area contributed by atoms with Gasteiger partial charge in [0.05, 0.1) is 18.1 Å². The van der Waals surface area contributed by atoms with E-state index in [1.54, 1.807) is 18.2 Å². The molecule has 1 aliphatic heterocycles. The topological polar surface area (TPSA) is 70.6 Å². The van der Waals surface area contributed by atoms with Gasteiger partial charge in [-0.15, -0.1) is 0 Å². The summed E-state index contributed by atoms with van der Waals surface area (Å²) in [4.78, 5) is 4.55. The van der Waals surface area contributed by atoms with Crippen LogP contribution in [-0.2, 0) is 16.4 Å². The molecule has 0 amide bonds. The van der Waals surface area contributed by atoms with E-state index in [2.05, 4.69) is 15.6 Å². The van der Waals surface area contributed by atoms with Crippen molar-refractivity contribution in [1.82, 2.24) is 10.6 Å². The molecule has 26 heavy (non-hydrogen) atoms. The van der Waals surface area contributed by atoms with Crippen molar-refractivity contribution in [3.8, 4) is 0 Å². The highest BCUT2D eigenvalue weighted by Gasteiger charge is 2.28. The van der Waals surface area contributed by atoms with Gasteiger partial charge in [-0.3, -0.25) is 0 Å². The molecule has 1 heterocycles. The fraction of sp³-hybridized carbons (Fsp3) is 0.632. The van der Waals surface area contributed by atoms with Crippen LogP contribution in [0, 0.1) is 11.7 Å². The minimum atomic E-state index is -2.88. The standard InChI is InChI=1S/C19H28FN3O2S/c20-18-9-5-4-6-16(18)13-22-19(23-17-7-2-1-3-8-17)21-12-15-10-11-26(24,25)14-15/h4-6,9,15,17H,1-3,7-8,10-14H2,(H2,21,22,23). The molecule has 1 aromatic carbocycles. The van der Waals surface area contributed by atoms with Crippen LogP contribution >= 0.6 is 0 Å². The molecule has 0 bridgehead atoms. The molecule has 1 aromatic rings. The Morgan fingerprint density at radius 1 is 1.15 bits per heavy atom. The Kier molecular flexibility index (Phi) is 6.51. The van der Waals surface area contributed by atoms with Crippen molar-refractivity contribution in [2.75, 3.05) is 18.1 Å². The van der Waals surface area contributed by atoms with E-state index in [0.29, 0.717) is 30.5 Å². The van der Waals surface area contributed by atoms with Crippen LogP contribution in [0.25, 0.3) is 0 Å². The lowest BCUT2D eigenvalue weighted by molar-refractivity contribution is 0.408. The molecule has 3 rings (SSSR count). The van der Waals surface area contributed by atoms with Crippen molar-refractivity contribution in [3.63, 3.8) is 0 Å². The van der Waals surface area contributed by atoms with Gasteiger partial charge in [0.1, 0.15) is 5.82 Å². The molecule has 0 aromatic heterocycles. The molecular weight excluding hydrogens is 353 g/mol. The van der Waals surface area contributed by atoms with Crippen LogP contribution in [0.1, 0.15) is 44.1 Å². The smallest absolute Gasteiger partial charge is 0.191 e. The van der Waals surface area contributed by atoms with Gasteiger partial charge in [-0.25, -0.2) is 17.8 Å². The number of aliphatic imine (C=N–C) groups is 1. The molecule has 2 aliphatic rings. The zero-order chi connectivity index (χ0) is 18.4. The maximum Gasteiger partial charge on any atom is 0.191 e. The minimum Gasteiger partial charge on any atom is -0.356 e. The number of rotatable bonds is 5. The number of hydrogen-bond donors (Lipinski definition) is 2. The first-order chi connectivity index (χ1) is 12.5. The fourth-order valence-corrected chi connectivity index (χ4v) is 5.52. The van der Waals surface area contributed by atoms with E-state index in [-0.39, 0.29) is 29.8 Å². The lowest BCUT2D eigenvalue weighted by Crippen LogP contribution is -2.45. The maximum atomic E-state index is 13.8. The predicted molar refractivity (Wildman–Crippen MR) is 102 cm³/mol. The Hall–Kier alpha value is -1.63. The van der Waals surface area contributed by atoms with Crippen LogP contribution < -0.4 is 10.6 Å². The van der Waals surface area contributed by atoms with Crippen molar-refractivity contribution in [2.24, 2.45) is 10.9 Å². The summed E-state index contributed by atoms with van der Waals surface area (Å²) >= 11 is 0. The third-order valence-electron chi connectivity index (χ3n) is 5.20. The Morgan fingerprint density at radius 2 is 1.92 bits per heavy atom. The summed E-state index contributed by atoms with van der Waals surface area (Å²) in [5.41, 5.74) is 0.556. The second kappa shape index (κ2) is 8.84. The van der Waals surface area contributed by atoms with E-state index >= 15 is 0 Å². The second-order valence-electron chi connectivity index (χ2n) is 7.39. The van der Waals surface area contributed by atoms with E-state index in [9.17, 15) is 12.8 Å². The van der Waals surface area contributed by atoms with Crippen molar-refractivity contribution >= 4 is 15.8 Å². The van der Waals surface area contributed by atoms with Crippen LogP contribution in [0.15, 0.2) is 29.3 Å². The number of nitrogens with one attached hydrogen (secondary N) is 2. The zero-order valence-corrected chi connectivity index (χ0v) is 15.9. The summed E-state index contributed by atoms with van der Waals surface area (Å²) in [5.74, 6) is 1.03. The molecule has 5 nitrogen and oxygen atoms in total. The number of sulfone groups is 1. The highest BCUT2D eigenvalue weighted by atomic mass is 32.2. The number of hydrogen-bond acceptors (Lipinski definition) is 3. The van der Waals surface area contributed by atoms with Gasteiger partial charge < -0.3 is 10.6 Å². The molecule has 1 saturated heterocycles.